The number of carbonyl (C=O) groups is 1. The number of aromatic nitrogens is 1. The highest BCUT2D eigenvalue weighted by atomic mass is 32.1. The Morgan fingerprint density at radius 1 is 1.21 bits per heavy atom. The molecule has 4 rings (SSSR count). The molecule has 1 aliphatic rings. The van der Waals surface area contributed by atoms with Crippen LogP contribution in [0.2, 0.25) is 0 Å². The van der Waals surface area contributed by atoms with Gasteiger partial charge in [-0.2, -0.15) is 0 Å². The first-order valence-electron chi connectivity index (χ1n) is 9.39. The minimum Gasteiger partial charge on any atom is -0.497 e. The average molecular weight is 398 g/mol. The molecule has 0 unspecified atom stereocenters. The molecule has 0 spiro atoms. The second kappa shape index (κ2) is 8.48. The first-order valence-corrected chi connectivity index (χ1v) is 10.2. The van der Waals surface area contributed by atoms with Gasteiger partial charge in [0.25, 0.3) is 5.19 Å². The third-order valence-electron chi connectivity index (χ3n) is 4.86. The largest absolute Gasteiger partial charge is 0.497 e. The number of hydrogen-bond acceptors (Lipinski definition) is 5. The molecule has 2 heterocycles. The van der Waals surface area contributed by atoms with Gasteiger partial charge >= 0.3 is 6.03 Å². The number of thiazole rings is 1. The molecule has 0 saturated carbocycles. The Morgan fingerprint density at radius 3 is 2.75 bits per heavy atom. The highest BCUT2D eigenvalue weighted by Crippen LogP contribution is 2.32. The molecule has 1 fully saturated rings. The number of urea groups is 1. The molecule has 7 heteroatoms. The Balaban J connectivity index is 1.27. The number of piperidine rings is 1. The summed E-state index contributed by atoms with van der Waals surface area (Å²) in [5.41, 5.74) is 2.01. The number of hydrogen-bond donors (Lipinski definition) is 1. The van der Waals surface area contributed by atoms with Crippen LogP contribution in [0.4, 0.5) is 4.79 Å². The minimum absolute atomic E-state index is 0.0191. The topological polar surface area (TPSA) is 63.7 Å². The second-order valence-electron chi connectivity index (χ2n) is 6.76. The third kappa shape index (κ3) is 4.36. The zero-order valence-electron chi connectivity index (χ0n) is 15.8. The summed E-state index contributed by atoms with van der Waals surface area (Å²) >= 11 is 1.53. The summed E-state index contributed by atoms with van der Waals surface area (Å²) in [6, 6.07) is 15.7. The van der Waals surface area contributed by atoms with Gasteiger partial charge in [-0.25, -0.2) is 9.78 Å². The molecule has 2 amide bonds. The fraction of sp³-hybridized carbons (Fsp3) is 0.333. The van der Waals surface area contributed by atoms with Crippen molar-refractivity contribution in [2.75, 3.05) is 20.2 Å². The summed E-state index contributed by atoms with van der Waals surface area (Å²) in [5.74, 6) is 0.817. The van der Waals surface area contributed by atoms with Gasteiger partial charge in [-0.3, -0.25) is 0 Å². The van der Waals surface area contributed by atoms with Crippen LogP contribution in [0.3, 0.4) is 0 Å². The Hall–Kier alpha value is -2.80. The molecule has 1 saturated heterocycles. The van der Waals surface area contributed by atoms with Crippen molar-refractivity contribution in [1.82, 2.24) is 15.2 Å². The monoisotopic (exact) mass is 397 g/mol. The van der Waals surface area contributed by atoms with Crippen LogP contribution in [0, 0.1) is 0 Å². The highest BCUT2D eigenvalue weighted by molar-refractivity contribution is 7.20. The van der Waals surface area contributed by atoms with Gasteiger partial charge in [0.1, 0.15) is 11.9 Å². The van der Waals surface area contributed by atoms with E-state index in [1.165, 1.54) is 11.3 Å². The van der Waals surface area contributed by atoms with Crippen LogP contribution >= 0.6 is 11.3 Å². The van der Waals surface area contributed by atoms with E-state index in [9.17, 15) is 4.79 Å². The average Bonchev–Trinajstić information content (AvgIpc) is 3.14. The lowest BCUT2D eigenvalue weighted by molar-refractivity contribution is 0.111. The quantitative estimate of drug-likeness (QED) is 0.705. The van der Waals surface area contributed by atoms with Crippen molar-refractivity contribution in [2.24, 2.45) is 0 Å². The lowest BCUT2D eigenvalue weighted by Crippen LogP contribution is -2.46. The summed E-state index contributed by atoms with van der Waals surface area (Å²) in [6.45, 7) is 1.92. The molecule has 0 bridgehead atoms. The molecule has 1 N–H and O–H groups in total. The van der Waals surface area contributed by atoms with Gasteiger partial charge in [0.05, 0.1) is 17.3 Å². The zero-order chi connectivity index (χ0) is 19.3. The SMILES string of the molecule is COc1ccc2nc(OC3CCN(C(=O)NCc4ccccc4)CC3)sc2c1. The lowest BCUT2D eigenvalue weighted by atomic mass is 10.1. The van der Waals surface area contributed by atoms with E-state index < -0.39 is 0 Å². The minimum atomic E-state index is -0.0191. The molecule has 146 valence electrons. The Morgan fingerprint density at radius 2 is 2.00 bits per heavy atom. The fourth-order valence-corrected chi connectivity index (χ4v) is 4.18. The highest BCUT2D eigenvalue weighted by Gasteiger charge is 2.24. The van der Waals surface area contributed by atoms with Crippen molar-refractivity contribution in [3.05, 3.63) is 54.1 Å². The van der Waals surface area contributed by atoms with Crippen LogP contribution in [0.15, 0.2) is 48.5 Å². The lowest BCUT2D eigenvalue weighted by Gasteiger charge is -2.31. The van der Waals surface area contributed by atoms with Gasteiger partial charge < -0.3 is 19.7 Å². The number of methoxy groups -OCH3 is 1. The maximum atomic E-state index is 12.4. The number of nitrogens with zero attached hydrogens (tertiary/aromatic N) is 2. The van der Waals surface area contributed by atoms with Gasteiger partial charge in [0.15, 0.2) is 0 Å². The van der Waals surface area contributed by atoms with E-state index in [4.69, 9.17) is 9.47 Å². The molecule has 2 aromatic carbocycles. The van der Waals surface area contributed by atoms with E-state index in [1.54, 1.807) is 7.11 Å². The Labute approximate surface area is 168 Å². The summed E-state index contributed by atoms with van der Waals surface area (Å²) in [5, 5.41) is 3.66. The van der Waals surface area contributed by atoms with E-state index in [2.05, 4.69) is 10.3 Å². The zero-order valence-corrected chi connectivity index (χ0v) is 16.6. The summed E-state index contributed by atoms with van der Waals surface area (Å²) in [7, 11) is 1.66. The van der Waals surface area contributed by atoms with Crippen molar-refractivity contribution in [3.63, 3.8) is 0 Å². The van der Waals surface area contributed by atoms with Gasteiger partial charge in [-0.15, -0.1) is 0 Å². The summed E-state index contributed by atoms with van der Waals surface area (Å²) in [6.07, 6.45) is 1.69. The van der Waals surface area contributed by atoms with Gasteiger partial charge in [0, 0.05) is 32.5 Å². The molecule has 0 aliphatic carbocycles. The van der Waals surface area contributed by atoms with Crippen molar-refractivity contribution in [2.45, 2.75) is 25.5 Å². The number of carbonyl (C=O) groups excluding carboxylic acids is 1. The van der Waals surface area contributed by atoms with E-state index in [0.717, 1.165) is 34.4 Å². The van der Waals surface area contributed by atoms with Crippen LogP contribution in [-0.4, -0.2) is 42.2 Å². The maximum Gasteiger partial charge on any atom is 0.317 e. The number of likely N-dealkylation sites (tertiary alicyclic amines) is 1. The van der Waals surface area contributed by atoms with E-state index >= 15 is 0 Å². The Bertz CT molecular complexity index is 936. The Kier molecular flexibility index (Phi) is 5.62. The number of nitrogens with one attached hydrogen (secondary N) is 1. The van der Waals surface area contributed by atoms with E-state index in [0.29, 0.717) is 24.8 Å². The van der Waals surface area contributed by atoms with Crippen LogP contribution in [0.5, 0.6) is 10.9 Å². The summed E-state index contributed by atoms with van der Waals surface area (Å²) in [4.78, 5) is 18.8. The third-order valence-corrected chi connectivity index (χ3v) is 5.77. The molecular formula is C21H23N3O3S. The number of amides is 2. The van der Waals surface area contributed by atoms with Crippen LogP contribution in [0.1, 0.15) is 18.4 Å². The predicted octanol–water partition coefficient (Wildman–Crippen LogP) is 4.06. The van der Waals surface area contributed by atoms with Gasteiger partial charge in [0.2, 0.25) is 0 Å². The normalized spacial score (nSPS) is 14.8. The number of benzene rings is 2. The summed E-state index contributed by atoms with van der Waals surface area (Å²) < 4.78 is 12.4. The van der Waals surface area contributed by atoms with Crippen molar-refractivity contribution < 1.29 is 14.3 Å². The van der Waals surface area contributed by atoms with Crippen LogP contribution < -0.4 is 14.8 Å². The number of rotatable bonds is 5. The van der Waals surface area contributed by atoms with Gasteiger partial charge in [-0.1, -0.05) is 41.7 Å². The van der Waals surface area contributed by atoms with Gasteiger partial charge in [-0.05, 0) is 23.8 Å². The van der Waals surface area contributed by atoms with Crippen molar-refractivity contribution >= 4 is 27.6 Å². The van der Waals surface area contributed by atoms with Crippen molar-refractivity contribution in [3.8, 4) is 10.9 Å². The van der Waals surface area contributed by atoms with Crippen molar-refractivity contribution in [1.29, 1.82) is 0 Å². The molecule has 28 heavy (non-hydrogen) atoms. The van der Waals surface area contributed by atoms with Crippen LogP contribution in [-0.2, 0) is 6.54 Å². The van der Waals surface area contributed by atoms with E-state index in [1.807, 2.05) is 53.4 Å². The fourth-order valence-electron chi connectivity index (χ4n) is 3.27. The predicted molar refractivity (Wildman–Crippen MR) is 110 cm³/mol. The molecule has 0 atom stereocenters. The molecule has 1 aromatic heterocycles. The first-order chi connectivity index (χ1) is 13.7. The van der Waals surface area contributed by atoms with E-state index in [-0.39, 0.29) is 12.1 Å². The molecule has 0 radical (unpaired) electrons. The molecular weight excluding hydrogens is 374 g/mol. The smallest absolute Gasteiger partial charge is 0.317 e. The molecule has 6 nitrogen and oxygen atoms in total. The first kappa shape index (κ1) is 18.6. The molecule has 1 aliphatic heterocycles. The molecule has 3 aromatic rings. The second-order valence-corrected chi connectivity index (χ2v) is 7.76. The number of ether oxygens (including phenoxy) is 2. The number of fused-ring (bicyclic) bond motifs is 1. The maximum absolute atomic E-state index is 12.4. The standard InChI is InChI=1S/C21H23N3O3S/c1-26-17-7-8-18-19(13-17)28-21(23-18)27-16-9-11-24(12-10-16)20(25)22-14-15-5-3-2-4-6-15/h2-8,13,16H,9-12,14H2,1H3,(H,22,25). The van der Waals surface area contributed by atoms with Crippen LogP contribution in [0.25, 0.3) is 10.2 Å².